The molecule has 3 aromatic rings. The second kappa shape index (κ2) is 8.10. The SMILES string of the molecule is CCOc1cc(C(CC(=O)O)N2C(=O)c3ccc4ccccc4c3C2=O)ccc1OC. The lowest BCUT2D eigenvalue weighted by Gasteiger charge is -2.26. The van der Waals surface area contributed by atoms with Gasteiger partial charge < -0.3 is 14.6 Å². The van der Waals surface area contributed by atoms with E-state index in [1.54, 1.807) is 42.5 Å². The lowest BCUT2D eigenvalue weighted by Crippen LogP contribution is -2.35. The summed E-state index contributed by atoms with van der Waals surface area (Å²) < 4.78 is 10.9. The predicted octanol–water partition coefficient (Wildman–Crippen LogP) is 4.06. The number of methoxy groups -OCH3 is 1. The number of ether oxygens (including phenoxy) is 2. The Morgan fingerprint density at radius 2 is 1.81 bits per heavy atom. The highest BCUT2D eigenvalue weighted by molar-refractivity contribution is 6.26. The van der Waals surface area contributed by atoms with Crippen LogP contribution in [0.2, 0.25) is 0 Å². The summed E-state index contributed by atoms with van der Waals surface area (Å²) in [7, 11) is 1.50. The number of rotatable bonds is 7. The third kappa shape index (κ3) is 3.48. The number of nitrogens with zero attached hydrogens (tertiary/aromatic N) is 1. The molecule has 1 atom stereocenters. The standard InChI is InChI=1S/C24H21NO6/c1-3-31-20-12-15(9-11-19(20)30-2)18(13-21(26)27)25-23(28)17-10-8-14-6-4-5-7-16(14)22(17)24(25)29/h4-12,18H,3,13H2,1-2H3,(H,26,27). The van der Waals surface area contributed by atoms with Gasteiger partial charge in [-0.05, 0) is 41.5 Å². The summed E-state index contributed by atoms with van der Waals surface area (Å²) in [5.74, 6) is -1.24. The van der Waals surface area contributed by atoms with Gasteiger partial charge in [-0.15, -0.1) is 0 Å². The smallest absolute Gasteiger partial charge is 0.305 e. The fourth-order valence-corrected chi connectivity index (χ4v) is 4.00. The highest BCUT2D eigenvalue weighted by atomic mass is 16.5. The number of imide groups is 1. The van der Waals surface area contributed by atoms with Crippen LogP contribution in [-0.4, -0.2) is 41.5 Å². The van der Waals surface area contributed by atoms with Crippen molar-refractivity contribution in [3.05, 3.63) is 71.3 Å². The third-order valence-electron chi connectivity index (χ3n) is 5.36. The number of hydrogen-bond donors (Lipinski definition) is 1. The summed E-state index contributed by atoms with van der Waals surface area (Å²) in [5, 5.41) is 11.0. The van der Waals surface area contributed by atoms with E-state index in [0.29, 0.717) is 34.6 Å². The second-order valence-corrected chi connectivity index (χ2v) is 7.15. The molecule has 31 heavy (non-hydrogen) atoms. The summed E-state index contributed by atoms with van der Waals surface area (Å²) in [6.45, 7) is 2.19. The van der Waals surface area contributed by atoms with E-state index in [2.05, 4.69) is 0 Å². The van der Waals surface area contributed by atoms with Gasteiger partial charge in [0.05, 0.1) is 37.3 Å². The Kier molecular flexibility index (Phi) is 5.33. The molecule has 0 saturated carbocycles. The summed E-state index contributed by atoms with van der Waals surface area (Å²) in [4.78, 5) is 39.4. The van der Waals surface area contributed by atoms with Crippen molar-refractivity contribution >= 4 is 28.6 Å². The Morgan fingerprint density at radius 1 is 1.03 bits per heavy atom. The van der Waals surface area contributed by atoms with Crippen molar-refractivity contribution in [1.29, 1.82) is 0 Å². The Balaban J connectivity index is 1.83. The molecule has 1 aliphatic rings. The maximum Gasteiger partial charge on any atom is 0.305 e. The Hall–Kier alpha value is -3.87. The highest BCUT2D eigenvalue weighted by Crippen LogP contribution is 2.39. The zero-order valence-corrected chi connectivity index (χ0v) is 17.1. The first-order valence-corrected chi connectivity index (χ1v) is 9.88. The second-order valence-electron chi connectivity index (χ2n) is 7.15. The van der Waals surface area contributed by atoms with Crippen LogP contribution in [0.4, 0.5) is 0 Å². The summed E-state index contributed by atoms with van der Waals surface area (Å²) in [6.07, 6.45) is -0.429. The summed E-state index contributed by atoms with van der Waals surface area (Å²) in [5.41, 5.74) is 1.06. The Morgan fingerprint density at radius 3 is 2.52 bits per heavy atom. The van der Waals surface area contributed by atoms with E-state index >= 15 is 0 Å². The largest absolute Gasteiger partial charge is 0.493 e. The van der Waals surface area contributed by atoms with Crippen LogP contribution in [0.25, 0.3) is 10.8 Å². The minimum absolute atomic E-state index is 0.276. The molecule has 2 amide bonds. The molecule has 0 radical (unpaired) electrons. The molecule has 4 rings (SSSR count). The van der Waals surface area contributed by atoms with Gasteiger partial charge in [-0.25, -0.2) is 0 Å². The van der Waals surface area contributed by atoms with Crippen LogP contribution in [0.3, 0.4) is 0 Å². The number of carboxylic acid groups (broad SMARTS) is 1. The van der Waals surface area contributed by atoms with Crippen molar-refractivity contribution in [3.63, 3.8) is 0 Å². The van der Waals surface area contributed by atoms with Crippen molar-refractivity contribution in [1.82, 2.24) is 4.90 Å². The average molecular weight is 419 g/mol. The molecular formula is C24H21NO6. The minimum Gasteiger partial charge on any atom is -0.493 e. The number of benzene rings is 3. The van der Waals surface area contributed by atoms with Gasteiger partial charge in [0.2, 0.25) is 0 Å². The zero-order valence-electron chi connectivity index (χ0n) is 17.1. The number of fused-ring (bicyclic) bond motifs is 3. The number of carboxylic acids is 1. The van der Waals surface area contributed by atoms with Crippen molar-refractivity contribution in [2.45, 2.75) is 19.4 Å². The molecule has 3 aromatic carbocycles. The molecule has 0 saturated heterocycles. The Labute approximate surface area is 178 Å². The van der Waals surface area contributed by atoms with Crippen molar-refractivity contribution in [2.75, 3.05) is 13.7 Å². The molecular weight excluding hydrogens is 398 g/mol. The van der Waals surface area contributed by atoms with Crippen LogP contribution in [-0.2, 0) is 4.79 Å². The monoisotopic (exact) mass is 419 g/mol. The van der Waals surface area contributed by atoms with Crippen molar-refractivity contribution < 1.29 is 29.0 Å². The van der Waals surface area contributed by atoms with Gasteiger partial charge in [-0.3, -0.25) is 19.3 Å². The number of aliphatic carboxylic acids is 1. The molecule has 1 heterocycles. The normalized spacial score (nSPS) is 13.9. The fourth-order valence-electron chi connectivity index (χ4n) is 4.00. The minimum atomic E-state index is -1.12. The lowest BCUT2D eigenvalue weighted by molar-refractivity contribution is -0.138. The van der Waals surface area contributed by atoms with E-state index in [1.807, 2.05) is 19.1 Å². The van der Waals surface area contributed by atoms with E-state index in [1.165, 1.54) is 7.11 Å². The first-order valence-electron chi connectivity index (χ1n) is 9.88. The molecule has 1 N–H and O–H groups in total. The topological polar surface area (TPSA) is 93.1 Å². The number of hydrogen-bond acceptors (Lipinski definition) is 5. The van der Waals surface area contributed by atoms with Crippen LogP contribution < -0.4 is 9.47 Å². The zero-order chi connectivity index (χ0) is 22.1. The molecule has 0 bridgehead atoms. The molecule has 1 aliphatic heterocycles. The van der Waals surface area contributed by atoms with Crippen LogP contribution >= 0.6 is 0 Å². The number of amides is 2. The predicted molar refractivity (Wildman–Crippen MR) is 114 cm³/mol. The van der Waals surface area contributed by atoms with E-state index in [9.17, 15) is 19.5 Å². The van der Waals surface area contributed by atoms with E-state index in [4.69, 9.17) is 9.47 Å². The van der Waals surface area contributed by atoms with Gasteiger partial charge in [0.15, 0.2) is 11.5 Å². The maximum atomic E-state index is 13.4. The number of carbonyl (C=O) groups excluding carboxylic acids is 2. The van der Waals surface area contributed by atoms with Gasteiger partial charge in [0, 0.05) is 0 Å². The van der Waals surface area contributed by atoms with Crippen LogP contribution in [0.5, 0.6) is 11.5 Å². The van der Waals surface area contributed by atoms with Gasteiger partial charge in [0.25, 0.3) is 11.8 Å². The molecule has 0 aliphatic carbocycles. The molecule has 0 aromatic heterocycles. The molecule has 7 heteroatoms. The third-order valence-corrected chi connectivity index (χ3v) is 5.36. The van der Waals surface area contributed by atoms with Gasteiger partial charge >= 0.3 is 5.97 Å². The lowest BCUT2D eigenvalue weighted by atomic mass is 10.0. The van der Waals surface area contributed by atoms with E-state index in [-0.39, 0.29) is 5.56 Å². The fraction of sp³-hybridized carbons (Fsp3) is 0.208. The summed E-state index contributed by atoms with van der Waals surface area (Å²) >= 11 is 0. The highest BCUT2D eigenvalue weighted by Gasteiger charge is 2.42. The van der Waals surface area contributed by atoms with E-state index < -0.39 is 30.2 Å². The van der Waals surface area contributed by atoms with E-state index in [0.717, 1.165) is 10.3 Å². The van der Waals surface area contributed by atoms with Crippen molar-refractivity contribution in [3.8, 4) is 11.5 Å². The Bertz CT molecular complexity index is 1200. The van der Waals surface area contributed by atoms with Crippen LogP contribution in [0.1, 0.15) is 45.7 Å². The molecule has 7 nitrogen and oxygen atoms in total. The first kappa shape index (κ1) is 20.4. The number of carbonyl (C=O) groups is 3. The van der Waals surface area contributed by atoms with Gasteiger partial charge in [-0.2, -0.15) is 0 Å². The van der Waals surface area contributed by atoms with Gasteiger partial charge in [0.1, 0.15) is 0 Å². The molecule has 1 unspecified atom stereocenters. The van der Waals surface area contributed by atoms with Crippen molar-refractivity contribution in [2.24, 2.45) is 0 Å². The average Bonchev–Trinajstić information content (AvgIpc) is 3.02. The molecule has 0 fully saturated rings. The molecule has 158 valence electrons. The van der Waals surface area contributed by atoms with Crippen LogP contribution in [0, 0.1) is 0 Å². The first-order chi connectivity index (χ1) is 15.0. The summed E-state index contributed by atoms with van der Waals surface area (Å²) in [6, 6.07) is 14.6. The molecule has 0 spiro atoms. The van der Waals surface area contributed by atoms with Gasteiger partial charge in [-0.1, -0.05) is 36.4 Å². The maximum absolute atomic E-state index is 13.4. The van der Waals surface area contributed by atoms with Crippen LogP contribution in [0.15, 0.2) is 54.6 Å². The quantitative estimate of drug-likeness (QED) is 0.581.